The molecule has 1 saturated carbocycles. The molecule has 0 spiro atoms. The Morgan fingerprint density at radius 3 is 2.57 bits per heavy atom. The van der Waals surface area contributed by atoms with Crippen LogP contribution in [-0.4, -0.2) is 57.4 Å². The van der Waals surface area contributed by atoms with Gasteiger partial charge < -0.3 is 9.47 Å². The number of aromatic nitrogens is 4. The quantitative estimate of drug-likeness (QED) is 0.667. The fourth-order valence-corrected chi connectivity index (χ4v) is 3.97. The van der Waals surface area contributed by atoms with Crippen LogP contribution in [0.5, 0.6) is 0 Å². The average molecular weight is 415 g/mol. The SMILES string of the molecule is CCOC(=O)c1cccc(-n2nnnc2C2(N(C)C(=O)OCC)CCC(C)CC2)c1. The van der Waals surface area contributed by atoms with E-state index in [2.05, 4.69) is 22.4 Å². The van der Waals surface area contributed by atoms with Gasteiger partial charge in [-0.25, -0.2) is 9.59 Å². The first-order chi connectivity index (χ1) is 14.4. The third kappa shape index (κ3) is 4.15. The van der Waals surface area contributed by atoms with Crippen LogP contribution in [0, 0.1) is 5.92 Å². The summed E-state index contributed by atoms with van der Waals surface area (Å²) in [5.74, 6) is 0.718. The van der Waals surface area contributed by atoms with Gasteiger partial charge in [0.1, 0.15) is 5.54 Å². The van der Waals surface area contributed by atoms with Crippen molar-refractivity contribution < 1.29 is 19.1 Å². The maximum absolute atomic E-state index is 12.7. The van der Waals surface area contributed by atoms with E-state index in [9.17, 15) is 9.59 Å². The van der Waals surface area contributed by atoms with E-state index in [1.807, 2.05) is 6.07 Å². The van der Waals surface area contributed by atoms with Crippen LogP contribution in [0.15, 0.2) is 24.3 Å². The molecule has 0 unspecified atom stereocenters. The number of carbonyl (C=O) groups excluding carboxylic acids is 2. The van der Waals surface area contributed by atoms with E-state index in [-0.39, 0.29) is 0 Å². The molecule has 1 aromatic heterocycles. The standard InChI is InChI=1S/C21H29N5O4/c1-5-29-18(27)16-8-7-9-17(14-16)26-19(22-23-24-26)21(12-10-15(3)11-13-21)25(4)20(28)30-6-2/h7-9,14-15H,5-6,10-13H2,1-4H3. The van der Waals surface area contributed by atoms with Gasteiger partial charge in [-0.05, 0) is 74.1 Å². The summed E-state index contributed by atoms with van der Waals surface area (Å²) in [5.41, 5.74) is 0.360. The Bertz CT molecular complexity index is 889. The maximum atomic E-state index is 12.7. The van der Waals surface area contributed by atoms with Gasteiger partial charge in [0.15, 0.2) is 5.82 Å². The van der Waals surface area contributed by atoms with Gasteiger partial charge in [0.25, 0.3) is 0 Å². The molecule has 1 aliphatic carbocycles. The predicted octanol–water partition coefficient (Wildman–Crippen LogP) is 3.33. The molecule has 0 bridgehead atoms. The Balaban J connectivity index is 2.04. The largest absolute Gasteiger partial charge is 0.462 e. The fourth-order valence-electron chi connectivity index (χ4n) is 3.97. The minimum atomic E-state index is -0.692. The highest BCUT2D eigenvalue weighted by atomic mass is 16.6. The van der Waals surface area contributed by atoms with Crippen molar-refractivity contribution in [1.29, 1.82) is 0 Å². The van der Waals surface area contributed by atoms with Crippen LogP contribution in [0.3, 0.4) is 0 Å². The number of tetrazole rings is 1. The molecule has 0 aliphatic heterocycles. The lowest BCUT2D eigenvalue weighted by atomic mass is 9.75. The molecule has 2 aromatic rings. The Kier molecular flexibility index (Phi) is 6.69. The van der Waals surface area contributed by atoms with E-state index in [0.717, 1.165) is 25.7 Å². The Morgan fingerprint density at radius 1 is 1.20 bits per heavy atom. The number of amides is 1. The van der Waals surface area contributed by atoms with Gasteiger partial charge in [-0.15, -0.1) is 5.10 Å². The highest BCUT2D eigenvalue weighted by molar-refractivity contribution is 5.90. The molecule has 1 aliphatic rings. The van der Waals surface area contributed by atoms with Gasteiger partial charge >= 0.3 is 12.1 Å². The summed E-state index contributed by atoms with van der Waals surface area (Å²) in [4.78, 5) is 26.4. The zero-order valence-electron chi connectivity index (χ0n) is 18.0. The predicted molar refractivity (Wildman–Crippen MR) is 109 cm³/mol. The second-order valence-electron chi connectivity index (χ2n) is 7.66. The maximum Gasteiger partial charge on any atom is 0.410 e. The lowest BCUT2D eigenvalue weighted by molar-refractivity contribution is 0.0311. The molecule has 0 N–H and O–H groups in total. The first-order valence-corrected chi connectivity index (χ1v) is 10.4. The van der Waals surface area contributed by atoms with Gasteiger partial charge in [0.2, 0.25) is 0 Å². The van der Waals surface area contributed by atoms with Crippen molar-refractivity contribution in [2.75, 3.05) is 20.3 Å². The van der Waals surface area contributed by atoms with E-state index < -0.39 is 17.6 Å². The fraction of sp³-hybridized carbons (Fsp3) is 0.571. The highest BCUT2D eigenvalue weighted by Gasteiger charge is 2.46. The van der Waals surface area contributed by atoms with Crippen molar-refractivity contribution in [3.05, 3.63) is 35.7 Å². The number of hydrogen-bond acceptors (Lipinski definition) is 7. The molecule has 3 rings (SSSR count). The Morgan fingerprint density at radius 2 is 1.90 bits per heavy atom. The molecular formula is C21H29N5O4. The summed E-state index contributed by atoms with van der Waals surface area (Å²) in [7, 11) is 1.74. The van der Waals surface area contributed by atoms with Crippen LogP contribution >= 0.6 is 0 Å². The zero-order chi connectivity index (χ0) is 21.7. The summed E-state index contributed by atoms with van der Waals surface area (Å²) < 4.78 is 12.0. The van der Waals surface area contributed by atoms with Crippen LogP contribution in [0.1, 0.15) is 62.6 Å². The zero-order valence-corrected chi connectivity index (χ0v) is 18.0. The monoisotopic (exact) mass is 415 g/mol. The number of ether oxygens (including phenoxy) is 2. The summed E-state index contributed by atoms with van der Waals surface area (Å²) in [6.45, 7) is 6.35. The smallest absolute Gasteiger partial charge is 0.410 e. The van der Waals surface area contributed by atoms with Crippen molar-refractivity contribution in [3.8, 4) is 5.69 Å². The van der Waals surface area contributed by atoms with Gasteiger partial charge in [0.05, 0.1) is 24.5 Å². The Labute approximate surface area is 176 Å². The number of hydrogen-bond donors (Lipinski definition) is 0. The summed E-state index contributed by atoms with van der Waals surface area (Å²) in [6.07, 6.45) is 2.93. The summed E-state index contributed by atoms with van der Waals surface area (Å²) >= 11 is 0. The van der Waals surface area contributed by atoms with Crippen LogP contribution in [0.25, 0.3) is 5.69 Å². The normalized spacial score (nSPS) is 21.1. The molecule has 1 aromatic carbocycles. The number of esters is 1. The summed E-state index contributed by atoms with van der Waals surface area (Å²) in [6, 6.07) is 6.97. The van der Waals surface area contributed by atoms with E-state index in [0.29, 0.717) is 36.2 Å². The molecule has 9 heteroatoms. The average Bonchev–Trinajstić information content (AvgIpc) is 3.25. The van der Waals surface area contributed by atoms with E-state index in [1.165, 1.54) is 0 Å². The van der Waals surface area contributed by atoms with Crippen LogP contribution in [0.2, 0.25) is 0 Å². The molecule has 162 valence electrons. The van der Waals surface area contributed by atoms with Gasteiger partial charge in [-0.1, -0.05) is 13.0 Å². The van der Waals surface area contributed by atoms with Crippen molar-refractivity contribution in [1.82, 2.24) is 25.1 Å². The highest BCUT2D eigenvalue weighted by Crippen LogP contribution is 2.43. The minimum Gasteiger partial charge on any atom is -0.462 e. The molecule has 0 radical (unpaired) electrons. The first-order valence-electron chi connectivity index (χ1n) is 10.4. The number of carbonyl (C=O) groups is 2. The molecule has 1 amide bonds. The Hall–Kier alpha value is -2.97. The van der Waals surface area contributed by atoms with Gasteiger partial charge in [-0.2, -0.15) is 4.68 Å². The topological polar surface area (TPSA) is 99.4 Å². The molecular weight excluding hydrogens is 386 g/mol. The minimum absolute atomic E-state index is 0.294. The molecule has 1 fully saturated rings. The van der Waals surface area contributed by atoms with Crippen LogP contribution in [-0.2, 0) is 15.0 Å². The van der Waals surface area contributed by atoms with E-state index in [4.69, 9.17) is 9.47 Å². The molecule has 30 heavy (non-hydrogen) atoms. The van der Waals surface area contributed by atoms with E-state index in [1.54, 1.807) is 48.7 Å². The lowest BCUT2D eigenvalue weighted by Crippen LogP contribution is -2.51. The molecule has 0 saturated heterocycles. The lowest BCUT2D eigenvalue weighted by Gasteiger charge is -2.44. The van der Waals surface area contributed by atoms with E-state index >= 15 is 0 Å². The van der Waals surface area contributed by atoms with Crippen molar-refractivity contribution >= 4 is 12.1 Å². The second kappa shape index (κ2) is 9.23. The number of benzene rings is 1. The number of rotatable bonds is 6. The third-order valence-electron chi connectivity index (χ3n) is 5.77. The first kappa shape index (κ1) is 21.7. The summed E-state index contributed by atoms with van der Waals surface area (Å²) in [5, 5.41) is 12.4. The van der Waals surface area contributed by atoms with Crippen LogP contribution in [0.4, 0.5) is 4.79 Å². The van der Waals surface area contributed by atoms with Crippen LogP contribution < -0.4 is 0 Å². The molecule has 1 heterocycles. The van der Waals surface area contributed by atoms with Crippen molar-refractivity contribution in [2.24, 2.45) is 5.92 Å². The van der Waals surface area contributed by atoms with Gasteiger partial charge in [0, 0.05) is 7.05 Å². The number of nitrogens with zero attached hydrogens (tertiary/aromatic N) is 5. The van der Waals surface area contributed by atoms with Crippen molar-refractivity contribution in [3.63, 3.8) is 0 Å². The third-order valence-corrected chi connectivity index (χ3v) is 5.77. The molecule has 0 atom stereocenters. The van der Waals surface area contributed by atoms with Gasteiger partial charge in [-0.3, -0.25) is 4.90 Å². The molecule has 9 nitrogen and oxygen atoms in total. The second-order valence-corrected chi connectivity index (χ2v) is 7.66. The van der Waals surface area contributed by atoms with Crippen molar-refractivity contribution in [2.45, 2.75) is 52.0 Å².